The number of methoxy groups -OCH3 is 1. The van der Waals surface area contributed by atoms with Gasteiger partial charge in [-0.3, -0.25) is 0 Å². The maximum absolute atomic E-state index is 6.63. The summed E-state index contributed by atoms with van der Waals surface area (Å²) >= 11 is 8.42. The number of aryl methyl sites for hydroxylation is 1. The summed E-state index contributed by atoms with van der Waals surface area (Å²) in [6.45, 7) is 8.71. The van der Waals surface area contributed by atoms with E-state index in [1.165, 1.54) is 9.75 Å². The van der Waals surface area contributed by atoms with Crippen LogP contribution in [0.3, 0.4) is 0 Å². The van der Waals surface area contributed by atoms with E-state index >= 15 is 0 Å². The molecule has 0 saturated carbocycles. The lowest BCUT2D eigenvalue weighted by atomic mass is 9.95. The summed E-state index contributed by atoms with van der Waals surface area (Å²) in [5.41, 5.74) is 2.38. The number of rotatable bonds is 3. The third-order valence-corrected chi connectivity index (χ3v) is 5.53. The van der Waals surface area contributed by atoms with E-state index in [1.807, 2.05) is 13.0 Å². The molecule has 0 bridgehead atoms. The van der Waals surface area contributed by atoms with Crippen molar-refractivity contribution in [2.24, 2.45) is 0 Å². The number of benzene rings is 1. The molecule has 0 fully saturated rings. The molecule has 0 spiro atoms. The van der Waals surface area contributed by atoms with Crippen molar-refractivity contribution in [3.05, 3.63) is 51.2 Å². The molecule has 0 aliphatic heterocycles. The first-order valence-electron chi connectivity index (χ1n) is 6.71. The van der Waals surface area contributed by atoms with Gasteiger partial charge in [0, 0.05) is 9.75 Å². The number of thiophene rings is 1. The van der Waals surface area contributed by atoms with Crippen LogP contribution in [0.15, 0.2) is 30.3 Å². The first-order valence-corrected chi connectivity index (χ1v) is 7.97. The fourth-order valence-corrected chi connectivity index (χ4v) is 3.46. The van der Waals surface area contributed by atoms with Crippen molar-refractivity contribution in [3.63, 3.8) is 0 Å². The van der Waals surface area contributed by atoms with E-state index in [1.54, 1.807) is 18.4 Å². The van der Waals surface area contributed by atoms with Crippen molar-refractivity contribution in [2.45, 2.75) is 38.5 Å². The zero-order valence-corrected chi connectivity index (χ0v) is 14.2. The maximum atomic E-state index is 6.63. The van der Waals surface area contributed by atoms with Crippen molar-refractivity contribution in [1.29, 1.82) is 0 Å². The second-order valence-electron chi connectivity index (χ2n) is 6.04. The van der Waals surface area contributed by atoms with Gasteiger partial charge in [0.05, 0.1) is 12.5 Å². The molecule has 1 nitrogen and oxygen atoms in total. The highest BCUT2D eigenvalue weighted by Crippen LogP contribution is 2.38. The summed E-state index contributed by atoms with van der Waals surface area (Å²) in [4.78, 5) is 2.54. The summed E-state index contributed by atoms with van der Waals surface area (Å²) < 4.78 is 5.38. The van der Waals surface area contributed by atoms with Crippen LogP contribution < -0.4 is 4.74 Å². The predicted octanol–water partition coefficient (Wildman–Crippen LogP) is 5.69. The van der Waals surface area contributed by atoms with Crippen LogP contribution >= 0.6 is 22.9 Å². The van der Waals surface area contributed by atoms with Gasteiger partial charge in [-0.15, -0.1) is 22.9 Å². The molecule has 0 N–H and O–H groups in total. The zero-order chi connectivity index (χ0) is 14.9. The van der Waals surface area contributed by atoms with Crippen LogP contribution in [0, 0.1) is 6.92 Å². The lowest BCUT2D eigenvalue weighted by molar-refractivity contribution is 0.411. The molecule has 108 valence electrons. The van der Waals surface area contributed by atoms with E-state index in [4.69, 9.17) is 16.3 Å². The molecule has 0 aliphatic rings. The molecule has 2 aromatic rings. The number of hydrogen-bond donors (Lipinski definition) is 0. The minimum absolute atomic E-state index is 0.120. The second-order valence-corrected chi connectivity index (χ2v) is 7.60. The van der Waals surface area contributed by atoms with E-state index in [9.17, 15) is 0 Å². The number of halogens is 1. The summed E-state index contributed by atoms with van der Waals surface area (Å²) in [5.74, 6) is 0.890. The van der Waals surface area contributed by atoms with E-state index in [2.05, 4.69) is 45.0 Å². The highest BCUT2D eigenvalue weighted by Gasteiger charge is 2.20. The van der Waals surface area contributed by atoms with Gasteiger partial charge in [0.1, 0.15) is 5.75 Å². The Morgan fingerprint density at radius 3 is 2.40 bits per heavy atom. The number of alkyl halides is 1. The average Bonchev–Trinajstić information content (AvgIpc) is 2.88. The Morgan fingerprint density at radius 2 is 1.85 bits per heavy atom. The highest BCUT2D eigenvalue weighted by atomic mass is 35.5. The quantitative estimate of drug-likeness (QED) is 0.662. The zero-order valence-electron chi connectivity index (χ0n) is 12.7. The Bertz CT molecular complexity index is 595. The van der Waals surface area contributed by atoms with Gasteiger partial charge in [-0.1, -0.05) is 32.9 Å². The van der Waals surface area contributed by atoms with Crippen molar-refractivity contribution in [3.8, 4) is 5.75 Å². The Kier molecular flexibility index (Phi) is 4.46. The predicted molar refractivity (Wildman–Crippen MR) is 88.4 cm³/mol. The average molecular weight is 309 g/mol. The maximum Gasteiger partial charge on any atom is 0.122 e. The lowest BCUT2D eigenvalue weighted by Crippen LogP contribution is -2.07. The van der Waals surface area contributed by atoms with Gasteiger partial charge in [-0.05, 0) is 41.7 Å². The van der Waals surface area contributed by atoms with Crippen LogP contribution in [-0.4, -0.2) is 7.11 Å². The van der Waals surface area contributed by atoms with Gasteiger partial charge in [-0.2, -0.15) is 0 Å². The SMILES string of the molecule is COc1cc(C(Cl)c2ccc(C(C)(C)C)s2)ccc1C. The van der Waals surface area contributed by atoms with Crippen LogP contribution in [0.1, 0.15) is 47.0 Å². The molecule has 1 heterocycles. The van der Waals surface area contributed by atoms with E-state index < -0.39 is 0 Å². The molecule has 1 aromatic heterocycles. The highest BCUT2D eigenvalue weighted by molar-refractivity contribution is 7.12. The van der Waals surface area contributed by atoms with Gasteiger partial charge in [0.2, 0.25) is 0 Å². The molecule has 0 amide bonds. The van der Waals surface area contributed by atoms with Crippen LogP contribution in [0.4, 0.5) is 0 Å². The van der Waals surface area contributed by atoms with E-state index in [0.29, 0.717) is 0 Å². The summed E-state index contributed by atoms with van der Waals surface area (Å²) in [6, 6.07) is 10.5. The minimum atomic E-state index is -0.120. The smallest absolute Gasteiger partial charge is 0.122 e. The lowest BCUT2D eigenvalue weighted by Gasteiger charge is -2.16. The molecule has 0 saturated heterocycles. The summed E-state index contributed by atoms with van der Waals surface area (Å²) in [5, 5.41) is -0.120. The third kappa shape index (κ3) is 3.18. The molecule has 1 atom stereocenters. The largest absolute Gasteiger partial charge is 0.496 e. The van der Waals surface area contributed by atoms with E-state index in [0.717, 1.165) is 16.9 Å². The first-order chi connectivity index (χ1) is 9.32. The normalized spacial score (nSPS) is 13.3. The molecule has 0 aliphatic carbocycles. The Hall–Kier alpha value is -0.990. The Morgan fingerprint density at radius 1 is 1.15 bits per heavy atom. The first kappa shape index (κ1) is 15.4. The van der Waals surface area contributed by atoms with Crippen LogP contribution in [0.2, 0.25) is 0 Å². The molecular formula is C17H21ClOS. The molecule has 3 heteroatoms. The fraction of sp³-hybridized carbons (Fsp3) is 0.412. The number of ether oxygens (including phenoxy) is 1. The molecule has 1 aromatic carbocycles. The number of hydrogen-bond acceptors (Lipinski definition) is 2. The van der Waals surface area contributed by atoms with Crippen LogP contribution in [-0.2, 0) is 5.41 Å². The standard InChI is InChI=1S/C17H21ClOS/c1-11-6-7-12(10-13(11)19-5)16(18)14-8-9-15(20-14)17(2,3)4/h6-10,16H,1-5H3. The second kappa shape index (κ2) is 5.79. The molecule has 0 radical (unpaired) electrons. The summed E-state index contributed by atoms with van der Waals surface area (Å²) in [7, 11) is 1.69. The van der Waals surface area contributed by atoms with Crippen molar-refractivity contribution in [1.82, 2.24) is 0 Å². The molecular weight excluding hydrogens is 288 g/mol. The van der Waals surface area contributed by atoms with Crippen molar-refractivity contribution < 1.29 is 4.74 Å². The topological polar surface area (TPSA) is 9.23 Å². The molecule has 2 rings (SSSR count). The minimum Gasteiger partial charge on any atom is -0.496 e. The third-order valence-electron chi connectivity index (χ3n) is 3.34. The summed E-state index contributed by atoms with van der Waals surface area (Å²) in [6.07, 6.45) is 0. The van der Waals surface area contributed by atoms with Crippen LogP contribution in [0.25, 0.3) is 0 Å². The van der Waals surface area contributed by atoms with Crippen molar-refractivity contribution in [2.75, 3.05) is 7.11 Å². The Balaban J connectivity index is 2.31. The monoisotopic (exact) mass is 308 g/mol. The van der Waals surface area contributed by atoms with Gasteiger partial charge < -0.3 is 4.74 Å². The van der Waals surface area contributed by atoms with Gasteiger partial charge in [0.25, 0.3) is 0 Å². The van der Waals surface area contributed by atoms with Crippen molar-refractivity contribution >= 4 is 22.9 Å². The van der Waals surface area contributed by atoms with E-state index in [-0.39, 0.29) is 10.8 Å². The van der Waals surface area contributed by atoms with Gasteiger partial charge in [0.15, 0.2) is 0 Å². The molecule has 20 heavy (non-hydrogen) atoms. The van der Waals surface area contributed by atoms with Gasteiger partial charge >= 0.3 is 0 Å². The van der Waals surface area contributed by atoms with Gasteiger partial charge in [-0.25, -0.2) is 0 Å². The molecule has 1 unspecified atom stereocenters. The fourth-order valence-electron chi connectivity index (χ4n) is 2.05. The Labute approximate surface area is 130 Å². The van der Waals surface area contributed by atoms with Crippen LogP contribution in [0.5, 0.6) is 5.75 Å².